The van der Waals surface area contributed by atoms with Crippen LogP contribution in [0.5, 0.6) is 0 Å². The number of carbonyl (C=O) groups is 1. The van der Waals surface area contributed by atoms with Gasteiger partial charge < -0.3 is 4.90 Å². The highest BCUT2D eigenvalue weighted by Gasteiger charge is 2.30. The molecule has 0 aliphatic carbocycles. The van der Waals surface area contributed by atoms with Crippen LogP contribution in [0.15, 0.2) is 42.6 Å². The molecule has 1 aliphatic heterocycles. The predicted molar refractivity (Wildman–Crippen MR) is 85.5 cm³/mol. The first-order chi connectivity index (χ1) is 10.9. The normalized spacial score (nSPS) is 18.3. The molecule has 8 heteroatoms. The first kappa shape index (κ1) is 15.7. The van der Waals surface area contributed by atoms with Gasteiger partial charge in [-0.1, -0.05) is 18.2 Å². The molecule has 1 saturated heterocycles. The third-order valence-corrected chi connectivity index (χ3v) is 4.84. The molecule has 1 aromatic carbocycles. The summed E-state index contributed by atoms with van der Waals surface area (Å²) in [6, 6.07) is 11.1. The number of likely N-dealkylation sites (tertiary alicyclic amines) is 1. The molecule has 1 fully saturated rings. The van der Waals surface area contributed by atoms with Crippen LogP contribution in [0.3, 0.4) is 0 Å². The zero-order valence-corrected chi connectivity index (χ0v) is 13.3. The number of benzene rings is 1. The monoisotopic (exact) mass is 334 g/mol. The molecular formula is C15H18N4O3S. The molecule has 7 nitrogen and oxygen atoms in total. The van der Waals surface area contributed by atoms with Crippen LogP contribution in [0, 0.1) is 5.92 Å². The fourth-order valence-electron chi connectivity index (χ4n) is 2.88. The molecule has 2 aromatic rings. The molecular weight excluding hydrogens is 316 g/mol. The molecule has 0 spiro atoms. The average molecular weight is 334 g/mol. The van der Waals surface area contributed by atoms with Crippen molar-refractivity contribution >= 4 is 15.9 Å². The van der Waals surface area contributed by atoms with Crippen molar-refractivity contribution in [1.29, 1.82) is 0 Å². The van der Waals surface area contributed by atoms with Gasteiger partial charge in [0.1, 0.15) is 5.69 Å². The van der Waals surface area contributed by atoms with Crippen LogP contribution < -0.4 is 5.14 Å². The van der Waals surface area contributed by atoms with E-state index in [1.807, 2.05) is 30.3 Å². The van der Waals surface area contributed by atoms with Gasteiger partial charge in [0, 0.05) is 13.1 Å². The van der Waals surface area contributed by atoms with Gasteiger partial charge in [-0.2, -0.15) is 5.10 Å². The molecule has 0 radical (unpaired) electrons. The summed E-state index contributed by atoms with van der Waals surface area (Å²) in [6.07, 6.45) is 2.22. The van der Waals surface area contributed by atoms with Crippen LogP contribution in [0.4, 0.5) is 0 Å². The number of hydrogen-bond acceptors (Lipinski definition) is 4. The molecule has 1 aliphatic rings. The van der Waals surface area contributed by atoms with E-state index in [0.29, 0.717) is 25.2 Å². The Balaban J connectivity index is 1.77. The van der Waals surface area contributed by atoms with Gasteiger partial charge in [-0.05, 0) is 30.5 Å². The van der Waals surface area contributed by atoms with Gasteiger partial charge in [-0.15, -0.1) is 0 Å². The number of primary sulfonamides is 1. The fraction of sp³-hybridized carbons (Fsp3) is 0.333. The van der Waals surface area contributed by atoms with Crippen LogP contribution in [0.1, 0.15) is 16.9 Å². The maximum absolute atomic E-state index is 12.7. The number of amides is 1. The zero-order chi connectivity index (χ0) is 16.4. The quantitative estimate of drug-likeness (QED) is 0.886. The summed E-state index contributed by atoms with van der Waals surface area (Å²) in [6.45, 7) is 0.925. The molecule has 1 atom stereocenters. The van der Waals surface area contributed by atoms with Gasteiger partial charge in [-0.25, -0.2) is 18.2 Å². The van der Waals surface area contributed by atoms with E-state index in [0.717, 1.165) is 5.69 Å². The summed E-state index contributed by atoms with van der Waals surface area (Å²) in [7, 11) is -3.52. The smallest absolute Gasteiger partial charge is 0.272 e. The van der Waals surface area contributed by atoms with Gasteiger partial charge in [0.2, 0.25) is 10.0 Å². The summed E-state index contributed by atoms with van der Waals surface area (Å²) < 4.78 is 24.0. The highest BCUT2D eigenvalue weighted by Crippen LogP contribution is 2.20. The standard InChI is InChI=1S/C15H18N4O3S/c16-23(21,22)11-12-7-9-18(10-12)15(20)14-6-8-17-19(14)13-4-2-1-3-5-13/h1-6,8,12H,7,9-11H2,(H2,16,21,22). The molecule has 2 heterocycles. The minimum atomic E-state index is -3.52. The number of carbonyl (C=O) groups excluding carboxylic acids is 1. The van der Waals surface area contributed by atoms with Gasteiger partial charge in [0.05, 0.1) is 17.6 Å². The Labute approximate surface area is 134 Å². The van der Waals surface area contributed by atoms with Gasteiger partial charge in [0.15, 0.2) is 0 Å². The summed E-state index contributed by atoms with van der Waals surface area (Å²) in [5.74, 6) is -0.348. The minimum absolute atomic E-state index is 0.0886. The first-order valence-corrected chi connectivity index (χ1v) is 9.05. The summed E-state index contributed by atoms with van der Waals surface area (Å²) in [4.78, 5) is 14.4. The maximum Gasteiger partial charge on any atom is 0.272 e. The van der Waals surface area contributed by atoms with E-state index < -0.39 is 10.0 Å². The second-order valence-electron chi connectivity index (χ2n) is 5.70. The average Bonchev–Trinajstić information content (AvgIpc) is 3.15. The number of para-hydroxylation sites is 1. The van der Waals surface area contributed by atoms with Crippen LogP contribution in [-0.4, -0.2) is 47.8 Å². The predicted octanol–water partition coefficient (Wildman–Crippen LogP) is 0.623. The SMILES string of the molecule is NS(=O)(=O)CC1CCN(C(=O)c2ccnn2-c2ccccc2)C1. The van der Waals surface area contributed by atoms with Crippen molar-refractivity contribution < 1.29 is 13.2 Å². The van der Waals surface area contributed by atoms with Crippen molar-refractivity contribution in [3.05, 3.63) is 48.3 Å². The van der Waals surface area contributed by atoms with Gasteiger partial charge in [0.25, 0.3) is 5.91 Å². The Hall–Kier alpha value is -2.19. The Morgan fingerprint density at radius 2 is 2.00 bits per heavy atom. The topological polar surface area (TPSA) is 98.3 Å². The van der Waals surface area contributed by atoms with Crippen LogP contribution in [0.2, 0.25) is 0 Å². The molecule has 23 heavy (non-hydrogen) atoms. The van der Waals surface area contributed by atoms with E-state index >= 15 is 0 Å². The van der Waals surface area contributed by atoms with E-state index in [1.54, 1.807) is 21.8 Å². The summed E-state index contributed by atoms with van der Waals surface area (Å²) in [5.41, 5.74) is 1.27. The van der Waals surface area contributed by atoms with E-state index in [1.165, 1.54) is 0 Å². The number of nitrogens with two attached hydrogens (primary N) is 1. The molecule has 0 saturated carbocycles. The highest BCUT2D eigenvalue weighted by atomic mass is 32.2. The number of aromatic nitrogens is 2. The second kappa shape index (κ2) is 6.13. The molecule has 3 rings (SSSR count). The first-order valence-electron chi connectivity index (χ1n) is 7.33. The maximum atomic E-state index is 12.7. The number of rotatable bonds is 4. The fourth-order valence-corrected chi connectivity index (χ4v) is 3.81. The molecule has 1 aromatic heterocycles. The molecule has 1 amide bonds. The van der Waals surface area contributed by atoms with Crippen LogP contribution >= 0.6 is 0 Å². The number of sulfonamides is 1. The molecule has 0 bridgehead atoms. The van der Waals surface area contributed by atoms with Crippen molar-refractivity contribution in [3.8, 4) is 5.69 Å². The Kier molecular flexibility index (Phi) is 4.18. The van der Waals surface area contributed by atoms with Crippen molar-refractivity contribution in [1.82, 2.24) is 14.7 Å². The lowest BCUT2D eigenvalue weighted by molar-refractivity contribution is 0.0779. The zero-order valence-electron chi connectivity index (χ0n) is 12.5. The summed E-state index contributed by atoms with van der Waals surface area (Å²) in [5, 5.41) is 9.30. The second-order valence-corrected chi connectivity index (χ2v) is 7.36. The van der Waals surface area contributed by atoms with E-state index in [-0.39, 0.29) is 17.6 Å². The van der Waals surface area contributed by atoms with E-state index in [9.17, 15) is 13.2 Å². The van der Waals surface area contributed by atoms with Crippen LogP contribution in [0.25, 0.3) is 5.69 Å². The minimum Gasteiger partial charge on any atom is -0.337 e. The lowest BCUT2D eigenvalue weighted by Crippen LogP contribution is -2.32. The third kappa shape index (κ3) is 3.59. The van der Waals surface area contributed by atoms with Crippen molar-refractivity contribution in [3.63, 3.8) is 0 Å². The van der Waals surface area contributed by atoms with Gasteiger partial charge >= 0.3 is 0 Å². The Bertz CT molecular complexity index is 801. The van der Waals surface area contributed by atoms with Gasteiger partial charge in [-0.3, -0.25) is 4.79 Å². The molecule has 2 N–H and O–H groups in total. The van der Waals surface area contributed by atoms with E-state index in [4.69, 9.17) is 5.14 Å². The van der Waals surface area contributed by atoms with E-state index in [2.05, 4.69) is 5.10 Å². The molecule has 1 unspecified atom stereocenters. The largest absolute Gasteiger partial charge is 0.337 e. The summed E-state index contributed by atoms with van der Waals surface area (Å²) >= 11 is 0. The highest BCUT2D eigenvalue weighted by molar-refractivity contribution is 7.89. The third-order valence-electron chi connectivity index (χ3n) is 3.90. The van der Waals surface area contributed by atoms with Crippen LogP contribution in [-0.2, 0) is 10.0 Å². The Morgan fingerprint density at radius 3 is 2.70 bits per heavy atom. The lowest BCUT2D eigenvalue weighted by Gasteiger charge is -2.17. The van der Waals surface area contributed by atoms with Crippen molar-refractivity contribution in [2.24, 2.45) is 11.1 Å². The van der Waals surface area contributed by atoms with Crippen molar-refractivity contribution in [2.75, 3.05) is 18.8 Å². The number of hydrogen-bond donors (Lipinski definition) is 1. The van der Waals surface area contributed by atoms with Crippen molar-refractivity contribution in [2.45, 2.75) is 6.42 Å². The number of nitrogens with zero attached hydrogens (tertiary/aromatic N) is 3. The Morgan fingerprint density at radius 1 is 1.26 bits per heavy atom. The molecule has 122 valence electrons. The lowest BCUT2D eigenvalue weighted by atomic mass is 10.2.